The number of esters is 1. The van der Waals surface area contributed by atoms with E-state index in [1.807, 2.05) is 17.7 Å². The number of hydrogen-bond donors (Lipinski definition) is 0. The summed E-state index contributed by atoms with van der Waals surface area (Å²) < 4.78 is 7.23. The number of piperidine rings is 1. The van der Waals surface area contributed by atoms with E-state index in [-0.39, 0.29) is 12.5 Å². The lowest BCUT2D eigenvalue weighted by molar-refractivity contribution is -0.135. The maximum absolute atomic E-state index is 12.5. The first-order valence-electron chi connectivity index (χ1n) is 9.98. The second kappa shape index (κ2) is 8.37. The number of rotatable bonds is 5. The summed E-state index contributed by atoms with van der Waals surface area (Å²) in [5.41, 5.74) is 3.26. The third-order valence-electron chi connectivity index (χ3n) is 5.30. The van der Waals surface area contributed by atoms with Gasteiger partial charge in [-0.3, -0.25) is 9.48 Å². The van der Waals surface area contributed by atoms with Gasteiger partial charge in [-0.05, 0) is 44.7 Å². The van der Waals surface area contributed by atoms with Crippen molar-refractivity contribution in [3.8, 4) is 0 Å². The van der Waals surface area contributed by atoms with Crippen LogP contribution < -0.4 is 0 Å². The Labute approximate surface area is 174 Å². The van der Waals surface area contributed by atoms with E-state index in [9.17, 15) is 9.59 Å². The summed E-state index contributed by atoms with van der Waals surface area (Å²) in [5, 5.41) is 5.57. The van der Waals surface area contributed by atoms with Crippen molar-refractivity contribution < 1.29 is 14.3 Å². The summed E-state index contributed by atoms with van der Waals surface area (Å²) in [5.74, 6) is -0.557. The van der Waals surface area contributed by atoms with Crippen molar-refractivity contribution in [1.82, 2.24) is 14.7 Å². The fourth-order valence-corrected chi connectivity index (χ4v) is 4.67. The van der Waals surface area contributed by atoms with Crippen molar-refractivity contribution in [2.45, 2.75) is 39.7 Å². The molecular formula is C22H25N3O3S. The third-order valence-corrected chi connectivity index (χ3v) is 6.43. The lowest BCUT2D eigenvalue weighted by Gasteiger charge is -2.26. The number of benzene rings is 1. The molecule has 0 aliphatic carbocycles. The predicted molar refractivity (Wildman–Crippen MR) is 113 cm³/mol. The minimum Gasteiger partial charge on any atom is -0.451 e. The highest BCUT2D eigenvalue weighted by atomic mass is 32.1. The van der Waals surface area contributed by atoms with Gasteiger partial charge in [-0.2, -0.15) is 5.10 Å². The van der Waals surface area contributed by atoms with Crippen molar-refractivity contribution >= 4 is 33.4 Å². The van der Waals surface area contributed by atoms with Crippen LogP contribution in [0.2, 0.25) is 0 Å². The largest absolute Gasteiger partial charge is 0.451 e. The molecule has 4 rings (SSSR count). The predicted octanol–water partition coefficient (Wildman–Crippen LogP) is 3.93. The monoisotopic (exact) mass is 411 g/mol. The minimum absolute atomic E-state index is 0.110. The van der Waals surface area contributed by atoms with Crippen molar-refractivity contribution in [3.05, 3.63) is 52.0 Å². The van der Waals surface area contributed by atoms with Crippen molar-refractivity contribution in [2.75, 3.05) is 19.7 Å². The van der Waals surface area contributed by atoms with Gasteiger partial charge < -0.3 is 9.64 Å². The molecular weight excluding hydrogens is 386 g/mol. The zero-order valence-electron chi connectivity index (χ0n) is 16.8. The maximum Gasteiger partial charge on any atom is 0.348 e. The van der Waals surface area contributed by atoms with Crippen LogP contribution in [0.15, 0.2) is 30.3 Å². The number of carbonyl (C=O) groups is 2. The zero-order valence-corrected chi connectivity index (χ0v) is 17.6. The van der Waals surface area contributed by atoms with Gasteiger partial charge in [0.15, 0.2) is 6.61 Å². The van der Waals surface area contributed by atoms with Crippen LogP contribution in [-0.2, 0) is 16.1 Å². The summed E-state index contributed by atoms with van der Waals surface area (Å²) in [6.07, 6.45) is 3.20. The lowest BCUT2D eigenvalue weighted by atomic mass is 10.1. The number of carbonyl (C=O) groups excluding carboxylic acids is 2. The van der Waals surface area contributed by atoms with Gasteiger partial charge in [0, 0.05) is 18.5 Å². The Kier molecular flexibility index (Phi) is 5.67. The molecule has 1 fully saturated rings. The Hall–Kier alpha value is -2.67. The van der Waals surface area contributed by atoms with Crippen molar-refractivity contribution in [3.63, 3.8) is 0 Å². The molecule has 29 heavy (non-hydrogen) atoms. The van der Waals surface area contributed by atoms with Gasteiger partial charge in [0.1, 0.15) is 9.71 Å². The van der Waals surface area contributed by atoms with Crippen LogP contribution in [0.5, 0.6) is 0 Å². The number of amides is 1. The molecule has 2 aromatic heterocycles. The smallest absolute Gasteiger partial charge is 0.348 e. The topological polar surface area (TPSA) is 64.4 Å². The number of fused-ring (bicyclic) bond motifs is 1. The van der Waals surface area contributed by atoms with Gasteiger partial charge in [0.25, 0.3) is 5.91 Å². The molecule has 7 heteroatoms. The SMILES string of the molecule is Cc1ccc(Cn2nc(C)c3cc(C(=O)OCC(=O)N4CCCCC4)sc32)cc1. The average Bonchev–Trinajstić information content (AvgIpc) is 3.30. The normalized spacial score (nSPS) is 14.3. The molecule has 3 aromatic rings. The molecule has 0 N–H and O–H groups in total. The Balaban J connectivity index is 1.46. The summed E-state index contributed by atoms with van der Waals surface area (Å²) >= 11 is 1.36. The molecule has 1 aliphatic rings. The van der Waals surface area contributed by atoms with Crippen LogP contribution in [-0.4, -0.2) is 46.3 Å². The molecule has 1 aliphatic heterocycles. The zero-order chi connectivity index (χ0) is 20.4. The second-order valence-electron chi connectivity index (χ2n) is 7.58. The van der Waals surface area contributed by atoms with Crippen molar-refractivity contribution in [1.29, 1.82) is 0 Å². The maximum atomic E-state index is 12.5. The van der Waals surface area contributed by atoms with E-state index >= 15 is 0 Å². The summed E-state index contributed by atoms with van der Waals surface area (Å²) in [6.45, 7) is 5.97. The number of thiophene rings is 1. The van der Waals surface area contributed by atoms with Gasteiger partial charge >= 0.3 is 5.97 Å². The first kappa shape index (κ1) is 19.6. The molecule has 0 atom stereocenters. The average molecular weight is 412 g/mol. The molecule has 0 spiro atoms. The Bertz CT molecular complexity index is 1030. The summed E-state index contributed by atoms with van der Waals surface area (Å²) in [4.78, 5) is 28.0. The van der Waals surface area contributed by atoms with E-state index in [0.29, 0.717) is 11.4 Å². The molecule has 0 radical (unpaired) electrons. The van der Waals surface area contributed by atoms with E-state index in [0.717, 1.165) is 53.8 Å². The van der Waals surface area contributed by atoms with Crippen LogP contribution in [0, 0.1) is 13.8 Å². The Morgan fingerprint density at radius 2 is 1.83 bits per heavy atom. The van der Waals surface area contributed by atoms with Gasteiger partial charge in [0.2, 0.25) is 0 Å². The van der Waals surface area contributed by atoms with Crippen LogP contribution in [0.3, 0.4) is 0 Å². The second-order valence-corrected chi connectivity index (χ2v) is 8.61. The number of likely N-dealkylation sites (tertiary alicyclic amines) is 1. The van der Waals surface area contributed by atoms with Gasteiger partial charge in [0.05, 0.1) is 12.2 Å². The standard InChI is InChI=1S/C22H25N3O3S/c1-15-6-8-17(9-7-15)13-25-21-18(16(2)23-25)12-19(29-21)22(27)28-14-20(26)24-10-4-3-5-11-24/h6-9,12H,3-5,10-11,13-14H2,1-2H3. The quantitative estimate of drug-likeness (QED) is 0.597. The van der Waals surface area contributed by atoms with Crippen LogP contribution in [0.25, 0.3) is 10.2 Å². The number of nitrogens with zero attached hydrogens (tertiary/aromatic N) is 3. The highest BCUT2D eigenvalue weighted by molar-refractivity contribution is 7.20. The summed E-state index contributed by atoms with van der Waals surface area (Å²) in [6, 6.07) is 10.2. The number of aromatic nitrogens is 2. The molecule has 1 aromatic carbocycles. The molecule has 0 saturated carbocycles. The van der Waals surface area contributed by atoms with Crippen LogP contribution >= 0.6 is 11.3 Å². The third kappa shape index (κ3) is 4.34. The van der Waals surface area contributed by atoms with E-state index < -0.39 is 5.97 Å². The fourth-order valence-electron chi connectivity index (χ4n) is 3.62. The molecule has 1 saturated heterocycles. The van der Waals surface area contributed by atoms with Gasteiger partial charge in [-0.15, -0.1) is 11.3 Å². The van der Waals surface area contributed by atoms with E-state index in [1.165, 1.54) is 16.9 Å². The van der Waals surface area contributed by atoms with E-state index in [1.54, 1.807) is 4.90 Å². The highest BCUT2D eigenvalue weighted by Crippen LogP contribution is 2.29. The molecule has 6 nitrogen and oxygen atoms in total. The first-order chi connectivity index (χ1) is 14.0. The number of aryl methyl sites for hydroxylation is 2. The van der Waals surface area contributed by atoms with Gasteiger partial charge in [-0.25, -0.2) is 4.79 Å². The molecule has 1 amide bonds. The molecule has 0 unspecified atom stereocenters. The van der Waals surface area contributed by atoms with E-state index in [2.05, 4.69) is 36.3 Å². The van der Waals surface area contributed by atoms with Crippen molar-refractivity contribution in [2.24, 2.45) is 0 Å². The molecule has 152 valence electrons. The lowest BCUT2D eigenvalue weighted by Crippen LogP contribution is -2.38. The van der Waals surface area contributed by atoms with Crippen LogP contribution in [0.1, 0.15) is 45.8 Å². The Morgan fingerprint density at radius 3 is 2.55 bits per heavy atom. The molecule has 3 heterocycles. The number of ether oxygens (including phenoxy) is 1. The van der Waals surface area contributed by atoms with Crippen LogP contribution in [0.4, 0.5) is 0 Å². The Morgan fingerprint density at radius 1 is 1.10 bits per heavy atom. The molecule has 0 bridgehead atoms. The van der Waals surface area contributed by atoms with Gasteiger partial charge in [-0.1, -0.05) is 29.8 Å². The first-order valence-corrected chi connectivity index (χ1v) is 10.8. The summed E-state index contributed by atoms with van der Waals surface area (Å²) in [7, 11) is 0. The highest BCUT2D eigenvalue weighted by Gasteiger charge is 2.21. The minimum atomic E-state index is -0.446. The fraction of sp³-hybridized carbons (Fsp3) is 0.409. The van der Waals surface area contributed by atoms with E-state index in [4.69, 9.17) is 4.74 Å². The number of hydrogen-bond acceptors (Lipinski definition) is 5.